The summed E-state index contributed by atoms with van der Waals surface area (Å²) in [5, 5.41) is 3.76. The van der Waals surface area contributed by atoms with Gasteiger partial charge in [-0.2, -0.15) is 0 Å². The Morgan fingerprint density at radius 1 is 0.882 bits per heavy atom. The maximum Gasteiger partial charge on any atom is 0.361 e. The summed E-state index contributed by atoms with van der Waals surface area (Å²) < 4.78 is 5.97. The minimum Gasteiger partial charge on any atom is -0.207 e. The number of benzene rings is 2. The third-order valence-corrected chi connectivity index (χ3v) is 3.40. The van der Waals surface area contributed by atoms with Crippen molar-refractivity contribution in [3.05, 3.63) is 59.9 Å². The van der Waals surface area contributed by atoms with Crippen LogP contribution >= 0.6 is 0 Å². The average Bonchev–Trinajstić information content (AvgIpc) is 2.39. The lowest BCUT2D eigenvalue weighted by Crippen LogP contribution is -1.93. The van der Waals surface area contributed by atoms with Crippen molar-refractivity contribution in [2.45, 2.75) is 6.42 Å². The standard InChI is InChI=1S/C16H11O/c1-2-9-14-12(7-1)13-8-3-5-11-6-4-10-15(17-14)16(11)13/h1-5,7-10H,6H2/q+1. The Hall–Kier alpha value is -2.15. The van der Waals surface area contributed by atoms with Crippen LogP contribution < -0.4 is 0 Å². The van der Waals surface area contributed by atoms with E-state index in [-0.39, 0.29) is 0 Å². The van der Waals surface area contributed by atoms with Gasteiger partial charge in [0.2, 0.25) is 0 Å². The van der Waals surface area contributed by atoms with Crippen LogP contribution in [-0.4, -0.2) is 0 Å². The molecule has 0 N–H and O–H groups in total. The summed E-state index contributed by atoms with van der Waals surface area (Å²) in [5.41, 5.74) is 2.31. The molecule has 0 amide bonds. The topological polar surface area (TPSA) is 11.3 Å². The van der Waals surface area contributed by atoms with E-state index in [1.165, 1.54) is 21.7 Å². The molecule has 0 unspecified atom stereocenters. The molecule has 0 fully saturated rings. The van der Waals surface area contributed by atoms with Gasteiger partial charge in [0.15, 0.2) is 0 Å². The average molecular weight is 219 g/mol. The summed E-state index contributed by atoms with van der Waals surface area (Å²) in [6.07, 6.45) is 5.25. The lowest BCUT2D eigenvalue weighted by molar-refractivity contribution is 0.598. The lowest BCUT2D eigenvalue weighted by atomic mass is 9.95. The van der Waals surface area contributed by atoms with Gasteiger partial charge in [-0.05, 0) is 18.1 Å². The zero-order valence-electron chi connectivity index (χ0n) is 9.31. The summed E-state index contributed by atoms with van der Waals surface area (Å²) in [7, 11) is 0. The number of hydrogen-bond donors (Lipinski definition) is 0. The summed E-state index contributed by atoms with van der Waals surface area (Å²) in [6.45, 7) is 0. The number of allylic oxidation sites excluding steroid dienone is 1. The van der Waals surface area contributed by atoms with Gasteiger partial charge in [-0.3, -0.25) is 0 Å². The molecule has 0 saturated heterocycles. The van der Waals surface area contributed by atoms with Crippen LogP contribution in [0.15, 0.2) is 53.0 Å². The highest BCUT2D eigenvalue weighted by Crippen LogP contribution is 2.34. The first-order valence-electron chi connectivity index (χ1n) is 5.86. The zero-order valence-corrected chi connectivity index (χ0v) is 9.31. The predicted molar refractivity (Wildman–Crippen MR) is 70.9 cm³/mol. The smallest absolute Gasteiger partial charge is 0.207 e. The van der Waals surface area contributed by atoms with Gasteiger partial charge < -0.3 is 0 Å². The molecule has 80 valence electrons. The Morgan fingerprint density at radius 2 is 1.76 bits per heavy atom. The van der Waals surface area contributed by atoms with Crippen LogP contribution in [0, 0.1) is 0 Å². The van der Waals surface area contributed by atoms with Gasteiger partial charge in [0.1, 0.15) is 0 Å². The van der Waals surface area contributed by atoms with E-state index in [0.717, 1.165) is 17.8 Å². The Labute approximate surface area is 99.0 Å². The Morgan fingerprint density at radius 3 is 2.76 bits per heavy atom. The van der Waals surface area contributed by atoms with Gasteiger partial charge in [-0.1, -0.05) is 36.4 Å². The second-order valence-electron chi connectivity index (χ2n) is 4.41. The Bertz CT molecular complexity index is 769. The molecule has 0 aliphatic heterocycles. The molecule has 1 heteroatoms. The van der Waals surface area contributed by atoms with Gasteiger partial charge in [0.25, 0.3) is 0 Å². The van der Waals surface area contributed by atoms with E-state index in [2.05, 4.69) is 42.5 Å². The van der Waals surface area contributed by atoms with Crippen molar-refractivity contribution in [1.82, 2.24) is 0 Å². The highest BCUT2D eigenvalue weighted by atomic mass is 16.3. The quantitative estimate of drug-likeness (QED) is 0.402. The maximum absolute atomic E-state index is 5.97. The second kappa shape index (κ2) is 3.17. The molecule has 1 aliphatic rings. The van der Waals surface area contributed by atoms with Crippen molar-refractivity contribution >= 4 is 27.8 Å². The van der Waals surface area contributed by atoms with Crippen LogP contribution in [0.5, 0.6) is 0 Å². The van der Waals surface area contributed by atoms with Crippen molar-refractivity contribution in [3.63, 3.8) is 0 Å². The normalized spacial score (nSPS) is 13.4. The molecular formula is C16H11O+. The first kappa shape index (κ1) is 8.94. The summed E-state index contributed by atoms with van der Waals surface area (Å²) in [5.74, 6) is 0.987. The molecule has 4 rings (SSSR count). The molecule has 1 aliphatic carbocycles. The molecule has 2 aromatic carbocycles. The number of hydrogen-bond acceptors (Lipinski definition) is 0. The van der Waals surface area contributed by atoms with Gasteiger partial charge >= 0.3 is 11.3 Å². The predicted octanol–water partition coefficient (Wildman–Crippen LogP) is 4.44. The van der Waals surface area contributed by atoms with Crippen molar-refractivity contribution < 1.29 is 4.42 Å². The SMILES string of the molecule is C1=Cc2[o+]c3ccccc3c3cccc(c23)C1. The number of fused-ring (bicyclic) bond motifs is 2. The van der Waals surface area contributed by atoms with E-state index in [4.69, 9.17) is 4.42 Å². The van der Waals surface area contributed by atoms with Gasteiger partial charge in [-0.25, -0.2) is 4.42 Å². The third kappa shape index (κ3) is 1.17. The zero-order chi connectivity index (χ0) is 11.2. The Kier molecular flexibility index (Phi) is 1.67. The Balaban J connectivity index is 2.34. The molecule has 0 atom stereocenters. The second-order valence-corrected chi connectivity index (χ2v) is 4.41. The van der Waals surface area contributed by atoms with E-state index in [9.17, 15) is 0 Å². The van der Waals surface area contributed by atoms with Crippen LogP contribution in [0.4, 0.5) is 0 Å². The van der Waals surface area contributed by atoms with Gasteiger partial charge in [-0.15, -0.1) is 0 Å². The van der Waals surface area contributed by atoms with E-state index in [1.807, 2.05) is 12.1 Å². The van der Waals surface area contributed by atoms with Crippen LogP contribution in [0.1, 0.15) is 11.3 Å². The minimum atomic E-state index is 0.957. The molecule has 1 nitrogen and oxygen atoms in total. The van der Waals surface area contributed by atoms with Crippen molar-refractivity contribution in [2.24, 2.45) is 0 Å². The van der Waals surface area contributed by atoms with E-state index in [0.29, 0.717) is 0 Å². The summed E-state index contributed by atoms with van der Waals surface area (Å²) in [4.78, 5) is 0. The van der Waals surface area contributed by atoms with Crippen molar-refractivity contribution in [1.29, 1.82) is 0 Å². The lowest BCUT2D eigenvalue weighted by Gasteiger charge is -2.06. The monoisotopic (exact) mass is 219 g/mol. The van der Waals surface area contributed by atoms with E-state index < -0.39 is 0 Å². The number of para-hydroxylation sites is 1. The molecule has 0 saturated carbocycles. The summed E-state index contributed by atoms with van der Waals surface area (Å²) in [6, 6.07) is 14.7. The first-order valence-corrected chi connectivity index (χ1v) is 5.86. The van der Waals surface area contributed by atoms with Gasteiger partial charge in [0, 0.05) is 17.5 Å². The van der Waals surface area contributed by atoms with Crippen LogP contribution in [0.2, 0.25) is 0 Å². The molecule has 1 aromatic heterocycles. The third-order valence-electron chi connectivity index (χ3n) is 3.40. The fourth-order valence-electron chi connectivity index (χ4n) is 2.64. The molecule has 17 heavy (non-hydrogen) atoms. The van der Waals surface area contributed by atoms with Crippen molar-refractivity contribution in [3.8, 4) is 0 Å². The number of rotatable bonds is 0. The highest BCUT2D eigenvalue weighted by molar-refractivity contribution is 6.08. The van der Waals surface area contributed by atoms with Gasteiger partial charge in [0.05, 0.1) is 10.8 Å². The molecule has 0 bridgehead atoms. The fourth-order valence-corrected chi connectivity index (χ4v) is 2.64. The fraction of sp³-hybridized carbons (Fsp3) is 0.0625. The minimum absolute atomic E-state index is 0.957. The van der Waals surface area contributed by atoms with E-state index >= 15 is 0 Å². The molecular weight excluding hydrogens is 208 g/mol. The van der Waals surface area contributed by atoms with Crippen LogP contribution in [0.25, 0.3) is 27.8 Å². The largest absolute Gasteiger partial charge is 0.361 e. The molecule has 1 heterocycles. The van der Waals surface area contributed by atoms with Crippen molar-refractivity contribution in [2.75, 3.05) is 0 Å². The van der Waals surface area contributed by atoms with Crippen LogP contribution in [-0.2, 0) is 6.42 Å². The molecule has 0 radical (unpaired) electrons. The highest BCUT2D eigenvalue weighted by Gasteiger charge is 2.21. The van der Waals surface area contributed by atoms with E-state index in [1.54, 1.807) is 0 Å². The molecule has 3 aromatic rings. The molecule has 0 spiro atoms. The summed E-state index contributed by atoms with van der Waals surface area (Å²) >= 11 is 0. The first-order chi connectivity index (χ1) is 8.43. The maximum atomic E-state index is 5.97. The van der Waals surface area contributed by atoms with Crippen LogP contribution in [0.3, 0.4) is 0 Å².